The maximum absolute atomic E-state index is 12.3. The van der Waals surface area contributed by atoms with E-state index in [1.165, 1.54) is 7.11 Å². The Balaban J connectivity index is 2.24. The van der Waals surface area contributed by atoms with E-state index in [2.05, 4.69) is 0 Å². The van der Waals surface area contributed by atoms with Crippen molar-refractivity contribution in [2.75, 3.05) is 7.11 Å². The van der Waals surface area contributed by atoms with Gasteiger partial charge in [-0.05, 0) is 10.9 Å². The van der Waals surface area contributed by atoms with Crippen LogP contribution in [0.3, 0.4) is 0 Å². The van der Waals surface area contributed by atoms with Gasteiger partial charge in [-0.25, -0.2) is 9.59 Å². The molecule has 0 unspecified atom stereocenters. The lowest BCUT2D eigenvalue weighted by Crippen LogP contribution is -2.01. The van der Waals surface area contributed by atoms with Crippen LogP contribution >= 0.6 is 0 Å². The molecular formula is C19H12O4. The van der Waals surface area contributed by atoms with E-state index in [1.807, 2.05) is 54.6 Å². The highest BCUT2D eigenvalue weighted by Crippen LogP contribution is 2.44. The molecule has 3 aromatic rings. The van der Waals surface area contributed by atoms with Crippen molar-refractivity contribution in [3.8, 4) is 16.9 Å². The molecule has 23 heavy (non-hydrogen) atoms. The molecular weight excluding hydrogens is 292 g/mol. The molecule has 1 heterocycles. The molecule has 3 aromatic carbocycles. The predicted molar refractivity (Wildman–Crippen MR) is 85.7 cm³/mol. The quantitative estimate of drug-likeness (QED) is 0.533. The summed E-state index contributed by atoms with van der Waals surface area (Å²) in [6.45, 7) is 0. The maximum Gasteiger partial charge on any atom is 0.350 e. The van der Waals surface area contributed by atoms with Crippen LogP contribution in [0.2, 0.25) is 0 Å². The van der Waals surface area contributed by atoms with Crippen molar-refractivity contribution in [3.63, 3.8) is 0 Å². The van der Waals surface area contributed by atoms with Crippen molar-refractivity contribution in [3.05, 3.63) is 65.7 Å². The van der Waals surface area contributed by atoms with Gasteiger partial charge >= 0.3 is 11.9 Å². The molecule has 0 spiro atoms. The molecule has 0 radical (unpaired) electrons. The van der Waals surface area contributed by atoms with Crippen LogP contribution in [0.15, 0.2) is 54.6 Å². The number of hydrogen-bond donors (Lipinski definition) is 0. The maximum atomic E-state index is 12.3. The first kappa shape index (κ1) is 13.5. The Kier molecular flexibility index (Phi) is 2.91. The zero-order chi connectivity index (χ0) is 16.0. The van der Waals surface area contributed by atoms with Crippen molar-refractivity contribution in [1.29, 1.82) is 0 Å². The smallest absolute Gasteiger partial charge is 0.350 e. The van der Waals surface area contributed by atoms with Gasteiger partial charge in [-0.3, -0.25) is 0 Å². The Morgan fingerprint density at radius 1 is 0.739 bits per heavy atom. The van der Waals surface area contributed by atoms with Crippen molar-refractivity contribution in [2.45, 2.75) is 0 Å². The van der Waals surface area contributed by atoms with Crippen LogP contribution in [-0.2, 0) is 4.74 Å². The second-order valence-corrected chi connectivity index (χ2v) is 5.25. The number of carbonyl (C=O) groups excluding carboxylic acids is 2. The highest BCUT2D eigenvalue weighted by Gasteiger charge is 2.38. The van der Waals surface area contributed by atoms with Gasteiger partial charge in [0.25, 0.3) is 0 Å². The van der Waals surface area contributed by atoms with E-state index < -0.39 is 11.9 Å². The van der Waals surface area contributed by atoms with E-state index in [9.17, 15) is 9.59 Å². The molecule has 0 fully saturated rings. The fraction of sp³-hybridized carbons (Fsp3) is 0.0526. The molecule has 0 amide bonds. The summed E-state index contributed by atoms with van der Waals surface area (Å²) in [5, 5.41) is 1.63. The Labute approximate surface area is 132 Å². The third kappa shape index (κ3) is 1.85. The number of hydrogen-bond acceptors (Lipinski definition) is 4. The first-order chi connectivity index (χ1) is 11.2. The SMILES string of the molecule is COc1c2c(c(-c3ccccc3)c3ccccc13)C(=O)OC2=O. The van der Waals surface area contributed by atoms with E-state index in [1.54, 1.807) is 0 Å². The Bertz CT molecular complexity index is 958. The molecule has 4 nitrogen and oxygen atoms in total. The van der Waals surface area contributed by atoms with E-state index in [4.69, 9.17) is 9.47 Å². The van der Waals surface area contributed by atoms with Crippen LogP contribution in [0.25, 0.3) is 21.9 Å². The lowest BCUT2D eigenvalue weighted by Gasteiger charge is -2.14. The minimum Gasteiger partial charge on any atom is -0.495 e. The Hall–Kier alpha value is -3.14. The fourth-order valence-corrected chi connectivity index (χ4v) is 3.11. The van der Waals surface area contributed by atoms with Gasteiger partial charge < -0.3 is 9.47 Å². The molecule has 4 rings (SSSR count). The van der Waals surface area contributed by atoms with Crippen molar-refractivity contribution in [1.82, 2.24) is 0 Å². The van der Waals surface area contributed by atoms with E-state index >= 15 is 0 Å². The van der Waals surface area contributed by atoms with Crippen molar-refractivity contribution < 1.29 is 19.1 Å². The molecule has 0 N–H and O–H groups in total. The second kappa shape index (κ2) is 4.95. The highest BCUT2D eigenvalue weighted by molar-refractivity contribution is 6.24. The van der Waals surface area contributed by atoms with Crippen LogP contribution in [-0.4, -0.2) is 19.0 Å². The minimum atomic E-state index is -0.662. The fourth-order valence-electron chi connectivity index (χ4n) is 3.11. The number of rotatable bonds is 2. The number of esters is 2. The molecule has 4 heteroatoms. The lowest BCUT2D eigenvalue weighted by atomic mass is 9.89. The summed E-state index contributed by atoms with van der Waals surface area (Å²) >= 11 is 0. The van der Waals surface area contributed by atoms with E-state index in [0.717, 1.165) is 16.3 Å². The van der Waals surface area contributed by atoms with Crippen LogP contribution in [0.4, 0.5) is 0 Å². The van der Waals surface area contributed by atoms with Gasteiger partial charge in [0.2, 0.25) is 0 Å². The predicted octanol–water partition coefficient (Wildman–Crippen LogP) is 3.83. The number of fused-ring (bicyclic) bond motifs is 2. The number of benzene rings is 3. The number of methoxy groups -OCH3 is 1. The van der Waals surface area contributed by atoms with Gasteiger partial charge in [-0.15, -0.1) is 0 Å². The zero-order valence-corrected chi connectivity index (χ0v) is 12.3. The van der Waals surface area contributed by atoms with Crippen LogP contribution in [0, 0.1) is 0 Å². The number of cyclic esters (lactones) is 2. The van der Waals surface area contributed by atoms with Crippen LogP contribution in [0.5, 0.6) is 5.75 Å². The Morgan fingerprint density at radius 3 is 2.04 bits per heavy atom. The first-order valence-corrected chi connectivity index (χ1v) is 7.17. The average Bonchev–Trinajstić information content (AvgIpc) is 2.88. The summed E-state index contributed by atoms with van der Waals surface area (Å²) in [6, 6.07) is 17.0. The third-order valence-corrected chi connectivity index (χ3v) is 4.03. The number of ether oxygens (including phenoxy) is 2. The molecule has 0 aromatic heterocycles. The molecule has 0 atom stereocenters. The zero-order valence-electron chi connectivity index (χ0n) is 12.3. The summed E-state index contributed by atoms with van der Waals surface area (Å²) in [4.78, 5) is 24.4. The molecule has 0 saturated heterocycles. The van der Waals surface area contributed by atoms with Gasteiger partial charge in [-0.2, -0.15) is 0 Å². The van der Waals surface area contributed by atoms with Crippen molar-refractivity contribution >= 4 is 22.7 Å². The first-order valence-electron chi connectivity index (χ1n) is 7.17. The topological polar surface area (TPSA) is 52.6 Å². The summed E-state index contributed by atoms with van der Waals surface area (Å²) in [7, 11) is 1.49. The van der Waals surface area contributed by atoms with Gasteiger partial charge in [-0.1, -0.05) is 54.6 Å². The highest BCUT2D eigenvalue weighted by atomic mass is 16.6. The second-order valence-electron chi connectivity index (χ2n) is 5.25. The van der Waals surface area contributed by atoms with Gasteiger partial charge in [0.05, 0.1) is 12.7 Å². The van der Waals surface area contributed by atoms with E-state index in [-0.39, 0.29) is 11.1 Å². The summed E-state index contributed by atoms with van der Waals surface area (Å²) < 4.78 is 10.3. The van der Waals surface area contributed by atoms with Gasteiger partial charge in [0, 0.05) is 10.9 Å². The molecule has 1 aliphatic rings. The molecule has 0 aliphatic carbocycles. The minimum absolute atomic E-state index is 0.204. The molecule has 1 aliphatic heterocycles. The van der Waals surface area contributed by atoms with Crippen molar-refractivity contribution in [2.24, 2.45) is 0 Å². The van der Waals surface area contributed by atoms with Gasteiger partial charge in [0.1, 0.15) is 11.3 Å². The lowest BCUT2D eigenvalue weighted by molar-refractivity contribution is 0.0443. The third-order valence-electron chi connectivity index (χ3n) is 4.03. The average molecular weight is 304 g/mol. The number of carbonyl (C=O) groups is 2. The monoisotopic (exact) mass is 304 g/mol. The summed E-state index contributed by atoms with van der Waals surface area (Å²) in [5.74, 6) is -0.913. The van der Waals surface area contributed by atoms with Gasteiger partial charge in [0.15, 0.2) is 0 Å². The normalized spacial score (nSPS) is 13.1. The molecule has 0 bridgehead atoms. The molecule has 112 valence electrons. The summed E-state index contributed by atoms with van der Waals surface area (Å²) in [6.07, 6.45) is 0. The van der Waals surface area contributed by atoms with Crippen LogP contribution < -0.4 is 4.74 Å². The molecule has 0 saturated carbocycles. The van der Waals surface area contributed by atoms with E-state index in [0.29, 0.717) is 11.3 Å². The largest absolute Gasteiger partial charge is 0.495 e. The summed E-state index contributed by atoms with van der Waals surface area (Å²) in [5.41, 5.74) is 2.04. The van der Waals surface area contributed by atoms with Crippen LogP contribution in [0.1, 0.15) is 20.7 Å². The standard InChI is InChI=1S/C19H12O4/c1-22-17-13-10-6-5-9-12(13)14(11-7-3-2-4-8-11)15-16(17)19(21)23-18(15)20/h2-10H,1H3. The Morgan fingerprint density at radius 2 is 1.35 bits per heavy atom.